The van der Waals surface area contributed by atoms with Gasteiger partial charge in [-0.3, -0.25) is 0 Å². The Hall–Kier alpha value is -1.35. The van der Waals surface area contributed by atoms with Gasteiger partial charge in [0.15, 0.2) is 5.82 Å². The molecule has 1 heterocycles. The number of hydrogen-bond donors (Lipinski definition) is 0. The summed E-state index contributed by atoms with van der Waals surface area (Å²) < 4.78 is 2.06. The van der Waals surface area contributed by atoms with Crippen LogP contribution in [0.2, 0.25) is 5.02 Å². The molecule has 17 heavy (non-hydrogen) atoms. The molecule has 0 spiro atoms. The van der Waals surface area contributed by atoms with Gasteiger partial charge in [-0.25, -0.2) is 0 Å². The molecule has 2 aromatic rings. The Kier molecular flexibility index (Phi) is 3.48. The number of aromatic nitrogens is 3. The van der Waals surface area contributed by atoms with E-state index in [1.807, 2.05) is 25.1 Å². The zero-order valence-corrected chi connectivity index (χ0v) is 11.1. The van der Waals surface area contributed by atoms with E-state index in [0.717, 1.165) is 28.5 Å². The first-order valence-corrected chi connectivity index (χ1v) is 6.10. The second-order valence-electron chi connectivity index (χ2n) is 4.66. The van der Waals surface area contributed by atoms with Crippen LogP contribution in [0, 0.1) is 12.8 Å². The lowest BCUT2D eigenvalue weighted by atomic mass is 10.1. The van der Waals surface area contributed by atoms with Crippen molar-refractivity contribution in [2.45, 2.75) is 27.3 Å². The summed E-state index contributed by atoms with van der Waals surface area (Å²) in [5.41, 5.74) is 2.09. The van der Waals surface area contributed by atoms with Crippen LogP contribution in [-0.2, 0) is 6.54 Å². The van der Waals surface area contributed by atoms with Crippen LogP contribution < -0.4 is 0 Å². The van der Waals surface area contributed by atoms with Crippen LogP contribution in [0.3, 0.4) is 0 Å². The lowest BCUT2D eigenvalue weighted by Gasteiger charge is -2.09. The fourth-order valence-electron chi connectivity index (χ4n) is 1.74. The van der Waals surface area contributed by atoms with E-state index in [2.05, 4.69) is 28.6 Å². The first-order valence-electron chi connectivity index (χ1n) is 5.72. The number of benzene rings is 1. The minimum atomic E-state index is 0.561. The van der Waals surface area contributed by atoms with Gasteiger partial charge in [-0.05, 0) is 24.5 Å². The summed E-state index contributed by atoms with van der Waals surface area (Å²) in [7, 11) is 0. The zero-order valence-electron chi connectivity index (χ0n) is 10.3. The maximum atomic E-state index is 6.13. The minimum Gasteiger partial charge on any atom is -0.313 e. The minimum absolute atomic E-state index is 0.561. The van der Waals surface area contributed by atoms with Gasteiger partial charge >= 0.3 is 0 Å². The second kappa shape index (κ2) is 4.88. The Morgan fingerprint density at radius 3 is 2.76 bits per heavy atom. The van der Waals surface area contributed by atoms with E-state index in [1.54, 1.807) is 6.33 Å². The van der Waals surface area contributed by atoms with Crippen molar-refractivity contribution in [1.29, 1.82) is 0 Å². The van der Waals surface area contributed by atoms with E-state index >= 15 is 0 Å². The van der Waals surface area contributed by atoms with Crippen LogP contribution in [-0.4, -0.2) is 14.8 Å². The average Bonchev–Trinajstić information content (AvgIpc) is 2.69. The number of nitrogens with zero attached hydrogens (tertiary/aromatic N) is 3. The van der Waals surface area contributed by atoms with E-state index < -0.39 is 0 Å². The normalized spacial score (nSPS) is 11.1. The Bertz CT molecular complexity index is 517. The predicted octanol–water partition coefficient (Wildman–Crippen LogP) is 3.56. The monoisotopic (exact) mass is 249 g/mol. The van der Waals surface area contributed by atoms with Crippen LogP contribution in [0.25, 0.3) is 11.4 Å². The van der Waals surface area contributed by atoms with E-state index in [1.165, 1.54) is 0 Å². The highest BCUT2D eigenvalue weighted by atomic mass is 35.5. The molecule has 1 aromatic carbocycles. The molecule has 0 aliphatic carbocycles. The topological polar surface area (TPSA) is 30.7 Å². The highest BCUT2D eigenvalue weighted by molar-refractivity contribution is 6.31. The summed E-state index contributed by atoms with van der Waals surface area (Å²) in [4.78, 5) is 0. The van der Waals surface area contributed by atoms with Gasteiger partial charge in [-0.15, -0.1) is 10.2 Å². The lowest BCUT2D eigenvalue weighted by molar-refractivity contribution is 0.525. The summed E-state index contributed by atoms with van der Waals surface area (Å²) in [6.07, 6.45) is 1.77. The van der Waals surface area contributed by atoms with Crippen molar-refractivity contribution in [3.8, 4) is 11.4 Å². The first-order chi connectivity index (χ1) is 8.08. The summed E-state index contributed by atoms with van der Waals surface area (Å²) >= 11 is 6.13. The maximum absolute atomic E-state index is 6.13. The Balaban J connectivity index is 2.39. The third-order valence-electron chi connectivity index (χ3n) is 2.61. The van der Waals surface area contributed by atoms with Crippen molar-refractivity contribution >= 4 is 11.6 Å². The summed E-state index contributed by atoms with van der Waals surface area (Å²) in [5, 5.41) is 8.90. The highest BCUT2D eigenvalue weighted by Gasteiger charge is 2.09. The molecule has 3 nitrogen and oxygen atoms in total. The van der Waals surface area contributed by atoms with Crippen molar-refractivity contribution in [3.05, 3.63) is 35.1 Å². The molecule has 0 bridgehead atoms. The second-order valence-corrected chi connectivity index (χ2v) is 5.07. The Morgan fingerprint density at radius 2 is 2.12 bits per heavy atom. The molecular weight excluding hydrogens is 234 g/mol. The van der Waals surface area contributed by atoms with E-state index in [0.29, 0.717) is 5.92 Å². The number of aryl methyl sites for hydroxylation is 1. The quantitative estimate of drug-likeness (QED) is 0.833. The Labute approximate surface area is 106 Å². The molecular formula is C13H16ClN3. The average molecular weight is 250 g/mol. The molecule has 0 saturated carbocycles. The van der Waals surface area contributed by atoms with Gasteiger partial charge in [0.2, 0.25) is 0 Å². The molecule has 0 atom stereocenters. The molecule has 0 fully saturated rings. The number of rotatable bonds is 3. The number of hydrogen-bond acceptors (Lipinski definition) is 2. The van der Waals surface area contributed by atoms with Crippen molar-refractivity contribution in [2.24, 2.45) is 5.92 Å². The van der Waals surface area contributed by atoms with Crippen molar-refractivity contribution in [1.82, 2.24) is 14.8 Å². The smallest absolute Gasteiger partial charge is 0.163 e. The molecule has 1 aromatic heterocycles. The molecule has 0 amide bonds. The van der Waals surface area contributed by atoms with E-state index in [9.17, 15) is 0 Å². The number of halogens is 1. The lowest BCUT2D eigenvalue weighted by Crippen LogP contribution is -2.05. The van der Waals surface area contributed by atoms with E-state index in [4.69, 9.17) is 11.6 Å². The third-order valence-corrected chi connectivity index (χ3v) is 3.01. The van der Waals surface area contributed by atoms with Crippen LogP contribution >= 0.6 is 11.6 Å². The van der Waals surface area contributed by atoms with Gasteiger partial charge < -0.3 is 4.57 Å². The van der Waals surface area contributed by atoms with Crippen LogP contribution in [0.15, 0.2) is 24.5 Å². The summed E-state index contributed by atoms with van der Waals surface area (Å²) in [5.74, 6) is 1.44. The van der Waals surface area contributed by atoms with E-state index in [-0.39, 0.29) is 0 Å². The summed E-state index contributed by atoms with van der Waals surface area (Å²) in [6.45, 7) is 7.25. The van der Waals surface area contributed by atoms with Crippen LogP contribution in [0.4, 0.5) is 0 Å². The molecule has 0 radical (unpaired) electrons. The van der Waals surface area contributed by atoms with Gasteiger partial charge in [0, 0.05) is 17.1 Å². The molecule has 0 N–H and O–H groups in total. The molecule has 90 valence electrons. The molecule has 4 heteroatoms. The van der Waals surface area contributed by atoms with Crippen LogP contribution in [0.5, 0.6) is 0 Å². The van der Waals surface area contributed by atoms with Gasteiger partial charge in [-0.2, -0.15) is 0 Å². The highest BCUT2D eigenvalue weighted by Crippen LogP contribution is 2.24. The van der Waals surface area contributed by atoms with Crippen molar-refractivity contribution < 1.29 is 0 Å². The molecule has 0 unspecified atom stereocenters. The molecule has 2 rings (SSSR count). The SMILES string of the molecule is Cc1ccc(-c2nncn2CC(C)C)cc1Cl. The third kappa shape index (κ3) is 2.67. The molecule has 0 aliphatic heterocycles. The standard InChI is InChI=1S/C13H16ClN3/c1-9(2)7-17-8-15-16-13(17)11-5-4-10(3)12(14)6-11/h4-6,8-9H,7H2,1-3H3. The fourth-order valence-corrected chi connectivity index (χ4v) is 1.92. The van der Waals surface area contributed by atoms with Crippen molar-refractivity contribution in [3.63, 3.8) is 0 Å². The van der Waals surface area contributed by atoms with Crippen molar-refractivity contribution in [2.75, 3.05) is 0 Å². The largest absolute Gasteiger partial charge is 0.313 e. The zero-order chi connectivity index (χ0) is 12.4. The van der Waals surface area contributed by atoms with Gasteiger partial charge in [0.05, 0.1) is 0 Å². The fraction of sp³-hybridized carbons (Fsp3) is 0.385. The first kappa shape index (κ1) is 12.1. The molecule has 0 saturated heterocycles. The van der Waals surface area contributed by atoms with Crippen LogP contribution in [0.1, 0.15) is 19.4 Å². The predicted molar refractivity (Wildman–Crippen MR) is 70.0 cm³/mol. The van der Waals surface area contributed by atoms with Gasteiger partial charge in [0.1, 0.15) is 6.33 Å². The van der Waals surface area contributed by atoms with Gasteiger partial charge in [-0.1, -0.05) is 37.6 Å². The summed E-state index contributed by atoms with van der Waals surface area (Å²) in [6, 6.07) is 5.98. The molecule has 0 aliphatic rings. The maximum Gasteiger partial charge on any atom is 0.163 e. The van der Waals surface area contributed by atoms with Gasteiger partial charge in [0.25, 0.3) is 0 Å². The Morgan fingerprint density at radius 1 is 1.35 bits per heavy atom.